The molecule has 0 spiro atoms. The first-order valence-corrected chi connectivity index (χ1v) is 23.4. The van der Waals surface area contributed by atoms with E-state index in [9.17, 15) is 0 Å². The molecular formula is C61H40N10. The van der Waals surface area contributed by atoms with E-state index in [1.807, 2.05) is 120 Å². The molecule has 4 heterocycles. The van der Waals surface area contributed by atoms with Crippen LogP contribution in [0.25, 0.3) is 112 Å². The smallest absolute Gasteiger partial charge is 0.235 e. The van der Waals surface area contributed by atoms with Crippen molar-refractivity contribution in [2.45, 2.75) is 0 Å². The van der Waals surface area contributed by atoms with Gasteiger partial charge in [-0.3, -0.25) is 4.57 Å². The number of benzene rings is 9. The number of rotatable bonds is 10. The maximum atomic E-state index is 9.16. The van der Waals surface area contributed by atoms with Crippen LogP contribution in [0.15, 0.2) is 225 Å². The number of aromatic nitrogens is 8. The quantitative estimate of drug-likeness (QED) is 0.131. The topological polar surface area (TPSA) is 123 Å². The fourth-order valence-corrected chi connectivity index (χ4v) is 9.58. The average molecular weight is 913 g/mol. The maximum Gasteiger partial charge on any atom is 0.235 e. The zero-order chi connectivity index (χ0) is 47.3. The van der Waals surface area contributed by atoms with Crippen LogP contribution in [0.4, 0.5) is 11.6 Å². The van der Waals surface area contributed by atoms with Crippen LogP contribution in [-0.4, -0.2) is 45.5 Å². The minimum atomic E-state index is 0.347. The molecule has 0 atom stereocenters. The van der Waals surface area contributed by atoms with Crippen LogP contribution in [-0.2, 0) is 0 Å². The van der Waals surface area contributed by atoms with E-state index in [1.54, 1.807) is 0 Å². The monoisotopic (exact) mass is 912 g/mol. The lowest BCUT2D eigenvalue weighted by molar-refractivity contribution is 0.911. The zero-order valence-electron chi connectivity index (χ0n) is 38.0. The lowest BCUT2D eigenvalue weighted by atomic mass is 10.0. The molecule has 71 heavy (non-hydrogen) atoms. The van der Waals surface area contributed by atoms with E-state index in [0.717, 1.165) is 93.9 Å². The van der Waals surface area contributed by atoms with Crippen molar-refractivity contribution in [3.05, 3.63) is 230 Å². The van der Waals surface area contributed by atoms with Crippen molar-refractivity contribution in [1.82, 2.24) is 39.3 Å². The summed E-state index contributed by atoms with van der Waals surface area (Å²) in [6, 6.07) is 74.1. The minimum Gasteiger partial charge on any atom is -0.323 e. The van der Waals surface area contributed by atoms with Gasteiger partial charge in [-0.05, 0) is 70.8 Å². The van der Waals surface area contributed by atoms with Crippen LogP contribution in [0.3, 0.4) is 0 Å². The van der Waals surface area contributed by atoms with Gasteiger partial charge >= 0.3 is 0 Å². The lowest BCUT2D eigenvalue weighted by Gasteiger charge is -2.15. The Morgan fingerprint density at radius 1 is 0.437 bits per heavy atom. The standard InChI is InChI=1S/C61H40N10/c62-37-51-53(64-60-68-58(42-17-7-2-8-18-42)67-59(69-60)43-19-9-3-10-20-43)32-31-48-50-36-45(44-29-33-54-46(35-44)38-63-71(54)47-21-11-4-12-22-47)30-34-55(50)70(57(48)51)61-65-52-24-14-13-23-49(52)56(66-61)41-27-25-40(26-28-41)39-15-5-1-6-16-39/h1-38,62H,(H,64,67,68,69). The highest BCUT2D eigenvalue weighted by atomic mass is 15.3. The van der Waals surface area contributed by atoms with Gasteiger partial charge in [0, 0.05) is 50.0 Å². The molecule has 9 aromatic carbocycles. The van der Waals surface area contributed by atoms with E-state index in [0.29, 0.717) is 34.8 Å². The van der Waals surface area contributed by atoms with Crippen molar-refractivity contribution in [3.63, 3.8) is 0 Å². The van der Waals surface area contributed by atoms with Crippen molar-refractivity contribution in [2.24, 2.45) is 0 Å². The minimum absolute atomic E-state index is 0.347. The van der Waals surface area contributed by atoms with Gasteiger partial charge in [-0.25, -0.2) is 19.6 Å². The summed E-state index contributed by atoms with van der Waals surface area (Å²) < 4.78 is 4.07. The van der Waals surface area contributed by atoms with Crippen molar-refractivity contribution in [1.29, 1.82) is 5.41 Å². The average Bonchev–Trinajstić information content (AvgIpc) is 4.02. The third-order valence-electron chi connectivity index (χ3n) is 13.0. The van der Waals surface area contributed by atoms with E-state index >= 15 is 0 Å². The summed E-state index contributed by atoms with van der Waals surface area (Å²) in [6.45, 7) is 0. The summed E-state index contributed by atoms with van der Waals surface area (Å²) in [7, 11) is 0. The molecule has 0 fully saturated rings. The fraction of sp³-hybridized carbons (Fsp3) is 0. The van der Waals surface area contributed by atoms with E-state index in [-0.39, 0.29) is 0 Å². The Kier molecular flexibility index (Phi) is 10.1. The third-order valence-corrected chi connectivity index (χ3v) is 13.0. The van der Waals surface area contributed by atoms with Gasteiger partial charge in [-0.1, -0.05) is 170 Å². The van der Waals surface area contributed by atoms with Gasteiger partial charge in [-0.15, -0.1) is 0 Å². The molecule has 0 unspecified atom stereocenters. The number of anilines is 2. The summed E-state index contributed by atoms with van der Waals surface area (Å²) in [5, 5.41) is 21.3. The van der Waals surface area contributed by atoms with Gasteiger partial charge in [0.2, 0.25) is 11.9 Å². The summed E-state index contributed by atoms with van der Waals surface area (Å²) >= 11 is 0. The number of hydrogen-bond donors (Lipinski definition) is 2. The first-order valence-electron chi connectivity index (χ1n) is 23.4. The van der Waals surface area contributed by atoms with Gasteiger partial charge in [0.25, 0.3) is 0 Å². The van der Waals surface area contributed by atoms with Crippen LogP contribution in [0.1, 0.15) is 5.56 Å². The predicted molar refractivity (Wildman–Crippen MR) is 287 cm³/mol. The molecule has 0 saturated carbocycles. The molecule has 10 heteroatoms. The first kappa shape index (κ1) is 41.3. The van der Waals surface area contributed by atoms with Crippen LogP contribution < -0.4 is 5.32 Å². The van der Waals surface area contributed by atoms with Gasteiger partial charge < -0.3 is 10.7 Å². The van der Waals surface area contributed by atoms with E-state index < -0.39 is 0 Å². The van der Waals surface area contributed by atoms with Gasteiger partial charge in [-0.2, -0.15) is 15.1 Å². The molecule has 0 radical (unpaired) electrons. The second kappa shape index (κ2) is 17.3. The number of hydrogen-bond acceptors (Lipinski definition) is 8. The van der Waals surface area contributed by atoms with Gasteiger partial charge in [0.15, 0.2) is 11.6 Å². The molecule has 13 aromatic rings. The maximum absolute atomic E-state index is 9.16. The number of para-hydroxylation sites is 2. The molecule has 0 aliphatic rings. The zero-order valence-corrected chi connectivity index (χ0v) is 38.0. The molecule has 0 aliphatic carbocycles. The van der Waals surface area contributed by atoms with Crippen molar-refractivity contribution < 1.29 is 0 Å². The Morgan fingerprint density at radius 2 is 1.01 bits per heavy atom. The van der Waals surface area contributed by atoms with Gasteiger partial charge in [0.05, 0.1) is 45.3 Å². The van der Waals surface area contributed by atoms with Crippen molar-refractivity contribution in [2.75, 3.05) is 5.32 Å². The highest BCUT2D eigenvalue weighted by molar-refractivity contribution is 6.17. The largest absolute Gasteiger partial charge is 0.323 e. The van der Waals surface area contributed by atoms with E-state index in [2.05, 4.69) is 119 Å². The molecule has 334 valence electrons. The summed E-state index contributed by atoms with van der Waals surface area (Å²) in [6.07, 6.45) is 3.31. The number of fused-ring (bicyclic) bond motifs is 5. The second-order valence-corrected chi connectivity index (χ2v) is 17.3. The first-order chi connectivity index (χ1) is 35.1. The van der Waals surface area contributed by atoms with E-state index in [4.69, 9.17) is 35.4 Å². The second-order valence-electron chi connectivity index (χ2n) is 17.3. The Morgan fingerprint density at radius 3 is 1.70 bits per heavy atom. The Hall–Kier alpha value is -9.93. The van der Waals surface area contributed by atoms with Crippen LogP contribution in [0.2, 0.25) is 0 Å². The highest BCUT2D eigenvalue weighted by Gasteiger charge is 2.23. The molecule has 0 aliphatic heterocycles. The predicted octanol–water partition coefficient (Wildman–Crippen LogP) is 14.3. The van der Waals surface area contributed by atoms with Crippen LogP contribution >= 0.6 is 0 Å². The Balaban J connectivity index is 1.01. The van der Waals surface area contributed by atoms with Crippen LogP contribution in [0, 0.1) is 5.41 Å². The Labute approximate surface area is 407 Å². The molecule has 4 aromatic heterocycles. The lowest BCUT2D eigenvalue weighted by Crippen LogP contribution is -2.07. The summed E-state index contributed by atoms with van der Waals surface area (Å²) in [5.41, 5.74) is 13.6. The molecular weight excluding hydrogens is 873 g/mol. The third kappa shape index (κ3) is 7.43. The molecule has 0 amide bonds. The summed E-state index contributed by atoms with van der Waals surface area (Å²) in [5.74, 6) is 1.88. The molecule has 10 nitrogen and oxygen atoms in total. The van der Waals surface area contributed by atoms with E-state index in [1.165, 1.54) is 6.21 Å². The van der Waals surface area contributed by atoms with Crippen LogP contribution in [0.5, 0.6) is 0 Å². The molecule has 13 rings (SSSR count). The summed E-state index contributed by atoms with van der Waals surface area (Å²) in [4.78, 5) is 25.6. The molecule has 2 N–H and O–H groups in total. The SMILES string of the molecule is N=Cc1c(Nc2nc(-c3ccccc3)nc(-c3ccccc3)n2)ccc2c3cc(-c4ccc5c(cnn5-c5ccccc5)c4)ccc3n(-c3nc(-c4ccc(-c5ccccc5)cc4)c4ccccc4n3)c12. The Bertz CT molecular complexity index is 4080. The molecule has 0 bridgehead atoms. The van der Waals surface area contributed by atoms with Gasteiger partial charge in [0.1, 0.15) is 0 Å². The van der Waals surface area contributed by atoms with Crippen molar-refractivity contribution >= 4 is 61.5 Å². The fourth-order valence-electron chi connectivity index (χ4n) is 9.58. The normalized spacial score (nSPS) is 11.4. The van der Waals surface area contributed by atoms with Crippen molar-refractivity contribution in [3.8, 4) is 67.9 Å². The molecule has 0 saturated heterocycles. The highest BCUT2D eigenvalue weighted by Crippen LogP contribution is 2.40. The number of nitrogens with zero attached hydrogens (tertiary/aromatic N) is 8. The number of nitrogens with one attached hydrogen (secondary N) is 2.